The van der Waals surface area contributed by atoms with Crippen LogP contribution in [0, 0.1) is 0 Å². The minimum Gasteiger partial charge on any atom is -0.493 e. The van der Waals surface area contributed by atoms with Crippen LogP contribution in [0.2, 0.25) is 5.15 Å². The lowest BCUT2D eigenvalue weighted by atomic mass is 9.92. The van der Waals surface area contributed by atoms with E-state index in [1.165, 1.54) is 5.56 Å². The van der Waals surface area contributed by atoms with Gasteiger partial charge in [0.05, 0.1) is 12.3 Å². The lowest BCUT2D eigenvalue weighted by Gasteiger charge is -2.18. The predicted octanol–water partition coefficient (Wildman–Crippen LogP) is 4.03. The van der Waals surface area contributed by atoms with Gasteiger partial charge in [-0.15, -0.1) is 0 Å². The zero-order chi connectivity index (χ0) is 14.3. The minimum absolute atomic E-state index is 0.0544. The van der Waals surface area contributed by atoms with Crippen LogP contribution in [-0.2, 0) is 11.8 Å². The first-order chi connectivity index (χ1) is 9.43. The summed E-state index contributed by atoms with van der Waals surface area (Å²) >= 11 is 6.15. The summed E-state index contributed by atoms with van der Waals surface area (Å²) in [6.45, 7) is 7.10. The third-order valence-corrected chi connectivity index (χ3v) is 3.60. The summed E-state index contributed by atoms with van der Waals surface area (Å²) in [6.07, 6.45) is 0.940. The highest BCUT2D eigenvalue weighted by Crippen LogP contribution is 2.31. The average Bonchev–Trinajstić information content (AvgIpc) is 2.84. The molecule has 4 heteroatoms. The van der Waals surface area contributed by atoms with E-state index in [-0.39, 0.29) is 5.41 Å². The first-order valence-corrected chi connectivity index (χ1v) is 7.12. The van der Waals surface area contributed by atoms with Gasteiger partial charge in [-0.3, -0.25) is 0 Å². The van der Waals surface area contributed by atoms with Gasteiger partial charge in [0, 0.05) is 17.4 Å². The van der Waals surface area contributed by atoms with E-state index in [0.717, 1.165) is 30.0 Å². The van der Waals surface area contributed by atoms with Gasteiger partial charge in [0.1, 0.15) is 10.9 Å². The van der Waals surface area contributed by atoms with Crippen molar-refractivity contribution in [3.63, 3.8) is 0 Å². The van der Waals surface area contributed by atoms with Crippen LogP contribution in [0.15, 0.2) is 24.3 Å². The fraction of sp³-hybridized carbons (Fsp3) is 0.375. The number of halogens is 1. The van der Waals surface area contributed by atoms with Crippen molar-refractivity contribution in [1.82, 2.24) is 9.97 Å². The maximum Gasteiger partial charge on any atom is 0.161 e. The molecule has 1 aromatic heterocycles. The Morgan fingerprint density at radius 3 is 2.70 bits per heavy atom. The summed E-state index contributed by atoms with van der Waals surface area (Å²) in [5.74, 6) is 1.64. The van der Waals surface area contributed by atoms with Gasteiger partial charge in [-0.2, -0.15) is 0 Å². The molecule has 0 aliphatic carbocycles. The van der Waals surface area contributed by atoms with E-state index in [4.69, 9.17) is 16.3 Å². The number of aromatic nitrogens is 2. The molecule has 0 N–H and O–H groups in total. The Kier molecular flexibility index (Phi) is 3.17. The molecule has 2 heterocycles. The molecule has 0 spiro atoms. The summed E-state index contributed by atoms with van der Waals surface area (Å²) in [7, 11) is 0. The number of fused-ring (bicyclic) bond motifs is 1. The normalized spacial score (nSPS) is 14.0. The van der Waals surface area contributed by atoms with Crippen molar-refractivity contribution in [2.45, 2.75) is 32.6 Å². The molecule has 0 radical (unpaired) electrons. The molecule has 1 aliphatic rings. The standard InChI is InChI=1S/C16H17ClN2O/c1-16(2,3)13-9-14(17)19-15(18-13)11-4-5-12-10(8-11)6-7-20-12/h4-5,8-9H,6-7H2,1-3H3. The van der Waals surface area contributed by atoms with Crippen molar-refractivity contribution in [2.75, 3.05) is 6.61 Å². The zero-order valence-corrected chi connectivity index (χ0v) is 12.7. The number of benzene rings is 1. The molecule has 0 atom stereocenters. The molecule has 0 amide bonds. The average molecular weight is 289 g/mol. The molecule has 20 heavy (non-hydrogen) atoms. The van der Waals surface area contributed by atoms with Crippen molar-refractivity contribution >= 4 is 11.6 Å². The van der Waals surface area contributed by atoms with E-state index in [9.17, 15) is 0 Å². The number of hydrogen-bond acceptors (Lipinski definition) is 3. The van der Waals surface area contributed by atoms with Crippen molar-refractivity contribution in [3.05, 3.63) is 40.7 Å². The lowest BCUT2D eigenvalue weighted by Crippen LogP contribution is -2.14. The molecule has 3 rings (SSSR count). The molecule has 2 aromatic rings. The molecule has 0 saturated carbocycles. The van der Waals surface area contributed by atoms with Gasteiger partial charge in [-0.05, 0) is 29.8 Å². The number of hydrogen-bond donors (Lipinski definition) is 0. The second kappa shape index (κ2) is 4.74. The third kappa shape index (κ3) is 2.50. The highest BCUT2D eigenvalue weighted by Gasteiger charge is 2.19. The van der Waals surface area contributed by atoms with Gasteiger partial charge in [-0.1, -0.05) is 32.4 Å². The second-order valence-electron chi connectivity index (χ2n) is 6.07. The summed E-state index contributed by atoms with van der Waals surface area (Å²) in [6, 6.07) is 7.91. The fourth-order valence-electron chi connectivity index (χ4n) is 2.26. The fourth-order valence-corrected chi connectivity index (χ4v) is 2.44. The van der Waals surface area contributed by atoms with Gasteiger partial charge in [0.2, 0.25) is 0 Å². The Morgan fingerprint density at radius 1 is 1.15 bits per heavy atom. The topological polar surface area (TPSA) is 35.0 Å². The monoisotopic (exact) mass is 288 g/mol. The van der Waals surface area contributed by atoms with Gasteiger partial charge >= 0.3 is 0 Å². The van der Waals surface area contributed by atoms with Crippen LogP contribution in [0.3, 0.4) is 0 Å². The summed E-state index contributed by atoms with van der Waals surface area (Å²) in [5, 5.41) is 0.483. The van der Waals surface area contributed by atoms with Crippen LogP contribution >= 0.6 is 11.6 Å². The highest BCUT2D eigenvalue weighted by atomic mass is 35.5. The molecular weight excluding hydrogens is 272 g/mol. The molecule has 104 valence electrons. The van der Waals surface area contributed by atoms with Gasteiger partial charge in [0.25, 0.3) is 0 Å². The Bertz CT molecular complexity index is 662. The predicted molar refractivity (Wildman–Crippen MR) is 80.4 cm³/mol. The minimum atomic E-state index is -0.0544. The quantitative estimate of drug-likeness (QED) is 0.743. The van der Waals surface area contributed by atoms with Crippen LogP contribution < -0.4 is 4.74 Å². The van der Waals surface area contributed by atoms with E-state index in [1.54, 1.807) is 0 Å². The van der Waals surface area contributed by atoms with Crippen molar-refractivity contribution < 1.29 is 4.74 Å². The van der Waals surface area contributed by atoms with Crippen molar-refractivity contribution in [3.8, 4) is 17.1 Å². The Balaban J connectivity index is 2.08. The molecule has 3 nitrogen and oxygen atoms in total. The molecular formula is C16H17ClN2O. The molecule has 1 aliphatic heterocycles. The van der Waals surface area contributed by atoms with Crippen LogP contribution in [0.25, 0.3) is 11.4 Å². The largest absolute Gasteiger partial charge is 0.493 e. The van der Waals surface area contributed by atoms with E-state index < -0.39 is 0 Å². The maximum atomic E-state index is 6.15. The molecule has 0 bridgehead atoms. The lowest BCUT2D eigenvalue weighted by molar-refractivity contribution is 0.357. The summed E-state index contributed by atoms with van der Waals surface area (Å²) in [4.78, 5) is 9.02. The molecule has 0 saturated heterocycles. The first kappa shape index (κ1) is 13.4. The van der Waals surface area contributed by atoms with Gasteiger partial charge in [-0.25, -0.2) is 9.97 Å². The van der Waals surface area contributed by atoms with E-state index in [1.807, 2.05) is 18.2 Å². The SMILES string of the molecule is CC(C)(C)c1cc(Cl)nc(-c2ccc3c(c2)CCO3)n1. The Hall–Kier alpha value is -1.61. The summed E-state index contributed by atoms with van der Waals surface area (Å²) < 4.78 is 5.52. The number of ether oxygens (including phenoxy) is 1. The van der Waals surface area contributed by atoms with Crippen LogP contribution in [0.5, 0.6) is 5.75 Å². The number of nitrogens with zero attached hydrogens (tertiary/aromatic N) is 2. The summed E-state index contributed by atoms with van der Waals surface area (Å²) in [5.41, 5.74) is 3.09. The Labute approximate surface area is 124 Å². The van der Waals surface area contributed by atoms with E-state index >= 15 is 0 Å². The maximum absolute atomic E-state index is 6.15. The third-order valence-electron chi connectivity index (χ3n) is 3.41. The highest BCUT2D eigenvalue weighted by molar-refractivity contribution is 6.29. The van der Waals surface area contributed by atoms with Gasteiger partial charge in [0.15, 0.2) is 5.82 Å². The van der Waals surface area contributed by atoms with Crippen molar-refractivity contribution in [1.29, 1.82) is 0 Å². The van der Waals surface area contributed by atoms with Crippen LogP contribution in [-0.4, -0.2) is 16.6 Å². The van der Waals surface area contributed by atoms with Crippen molar-refractivity contribution in [2.24, 2.45) is 0 Å². The number of rotatable bonds is 1. The molecule has 0 fully saturated rings. The molecule has 0 unspecified atom stereocenters. The van der Waals surface area contributed by atoms with Gasteiger partial charge < -0.3 is 4.74 Å². The van der Waals surface area contributed by atoms with E-state index in [0.29, 0.717) is 11.0 Å². The van der Waals surface area contributed by atoms with Crippen LogP contribution in [0.4, 0.5) is 0 Å². The smallest absolute Gasteiger partial charge is 0.161 e. The first-order valence-electron chi connectivity index (χ1n) is 6.75. The molecule has 1 aromatic carbocycles. The van der Waals surface area contributed by atoms with E-state index in [2.05, 4.69) is 36.8 Å². The van der Waals surface area contributed by atoms with Crippen LogP contribution in [0.1, 0.15) is 32.0 Å². The zero-order valence-electron chi connectivity index (χ0n) is 11.9. The second-order valence-corrected chi connectivity index (χ2v) is 6.46. The Morgan fingerprint density at radius 2 is 1.95 bits per heavy atom.